The lowest BCUT2D eigenvalue weighted by Gasteiger charge is -2.41. The van der Waals surface area contributed by atoms with Crippen LogP contribution in [0.2, 0.25) is 0 Å². The van der Waals surface area contributed by atoms with E-state index in [1.165, 1.54) is 11.1 Å². The van der Waals surface area contributed by atoms with Crippen LogP contribution in [0.15, 0.2) is 55.0 Å². The van der Waals surface area contributed by atoms with Gasteiger partial charge in [0.15, 0.2) is 0 Å². The number of benzene rings is 1. The van der Waals surface area contributed by atoms with E-state index >= 15 is 0 Å². The lowest BCUT2D eigenvalue weighted by Crippen LogP contribution is -2.42. The van der Waals surface area contributed by atoms with Crippen LogP contribution in [0.3, 0.4) is 0 Å². The first kappa shape index (κ1) is 20.6. The molecule has 6 nitrogen and oxygen atoms in total. The molecule has 6 heteroatoms. The zero-order valence-corrected chi connectivity index (χ0v) is 17.0. The summed E-state index contributed by atoms with van der Waals surface area (Å²) < 4.78 is 0. The molecule has 1 aromatic carbocycles. The predicted octanol–water partition coefficient (Wildman–Crippen LogP) is 3.51. The molecule has 0 radical (unpaired) electrons. The van der Waals surface area contributed by atoms with Crippen molar-refractivity contribution in [3.05, 3.63) is 71.7 Å². The SMILES string of the molecule is CCN(/C=C/NC(=O)CCN1CCC1c1ccc(C)cc1)c1ccc(C#N)cn1. The zero-order chi connectivity index (χ0) is 20.6. The van der Waals surface area contributed by atoms with Gasteiger partial charge in [0, 0.05) is 50.7 Å². The van der Waals surface area contributed by atoms with Crippen LogP contribution < -0.4 is 10.2 Å². The fraction of sp³-hybridized carbons (Fsp3) is 0.348. The highest BCUT2D eigenvalue weighted by Gasteiger charge is 2.29. The van der Waals surface area contributed by atoms with Gasteiger partial charge < -0.3 is 10.2 Å². The van der Waals surface area contributed by atoms with E-state index in [1.807, 2.05) is 11.8 Å². The number of anilines is 1. The quantitative estimate of drug-likeness (QED) is 0.748. The molecule has 0 spiro atoms. The second-order valence-electron chi connectivity index (χ2n) is 7.19. The van der Waals surface area contributed by atoms with Crippen LogP contribution in [0.5, 0.6) is 0 Å². The van der Waals surface area contributed by atoms with Crippen molar-refractivity contribution in [3.8, 4) is 6.07 Å². The summed E-state index contributed by atoms with van der Waals surface area (Å²) in [5, 5.41) is 11.7. The molecule has 2 heterocycles. The second kappa shape index (κ2) is 9.85. The maximum Gasteiger partial charge on any atom is 0.225 e. The second-order valence-corrected chi connectivity index (χ2v) is 7.19. The molecule has 150 valence electrons. The summed E-state index contributed by atoms with van der Waals surface area (Å²) >= 11 is 0. The Bertz CT molecular complexity index is 883. The van der Waals surface area contributed by atoms with Crippen molar-refractivity contribution < 1.29 is 4.79 Å². The Labute approximate surface area is 172 Å². The normalized spacial score (nSPS) is 16.2. The summed E-state index contributed by atoms with van der Waals surface area (Å²) in [6.07, 6.45) is 6.60. The Morgan fingerprint density at radius 3 is 2.72 bits per heavy atom. The average Bonchev–Trinajstić information content (AvgIpc) is 2.72. The topological polar surface area (TPSA) is 72.3 Å². The molecule has 1 aliphatic rings. The molecule has 0 bridgehead atoms. The zero-order valence-electron chi connectivity index (χ0n) is 17.0. The number of nitrogens with zero attached hydrogens (tertiary/aromatic N) is 4. The van der Waals surface area contributed by atoms with E-state index in [9.17, 15) is 4.79 Å². The smallest absolute Gasteiger partial charge is 0.225 e. The summed E-state index contributed by atoms with van der Waals surface area (Å²) in [7, 11) is 0. The molecule has 1 unspecified atom stereocenters. The van der Waals surface area contributed by atoms with Gasteiger partial charge in [-0.25, -0.2) is 4.98 Å². The van der Waals surface area contributed by atoms with Crippen molar-refractivity contribution in [2.45, 2.75) is 32.7 Å². The standard InChI is InChI=1S/C23H27N5O/c1-3-27(22-9-6-19(16-24)17-26-22)15-12-25-23(29)11-14-28-13-10-21(28)20-7-4-18(2)5-8-20/h4-9,12,15,17,21H,3,10-11,13-14H2,1-2H3,(H,25,29)/b15-12+. The molecule has 2 aromatic rings. The number of carbonyl (C=O) groups is 1. The maximum atomic E-state index is 12.2. The Morgan fingerprint density at radius 1 is 1.34 bits per heavy atom. The van der Waals surface area contributed by atoms with Gasteiger partial charge >= 0.3 is 0 Å². The lowest BCUT2D eigenvalue weighted by molar-refractivity contribution is -0.120. The highest BCUT2D eigenvalue weighted by atomic mass is 16.1. The Balaban J connectivity index is 1.45. The Morgan fingerprint density at radius 2 is 2.14 bits per heavy atom. The van der Waals surface area contributed by atoms with Gasteiger partial charge in [-0.3, -0.25) is 9.69 Å². The van der Waals surface area contributed by atoms with E-state index in [0.717, 1.165) is 25.3 Å². The van der Waals surface area contributed by atoms with Crippen molar-refractivity contribution in [3.63, 3.8) is 0 Å². The molecule has 29 heavy (non-hydrogen) atoms. The minimum atomic E-state index is -0.000327. The van der Waals surface area contributed by atoms with Gasteiger partial charge in [0.1, 0.15) is 11.9 Å². The van der Waals surface area contributed by atoms with Crippen LogP contribution >= 0.6 is 0 Å². The van der Waals surface area contributed by atoms with E-state index in [0.29, 0.717) is 24.6 Å². The monoisotopic (exact) mass is 389 g/mol. The molecule has 1 aliphatic heterocycles. The number of hydrogen-bond acceptors (Lipinski definition) is 5. The molecular formula is C23H27N5O. The number of likely N-dealkylation sites (tertiary alicyclic amines) is 1. The van der Waals surface area contributed by atoms with E-state index in [2.05, 4.69) is 52.5 Å². The van der Waals surface area contributed by atoms with Crippen LogP contribution in [0.1, 0.15) is 42.5 Å². The van der Waals surface area contributed by atoms with Gasteiger partial charge in [-0.2, -0.15) is 5.26 Å². The first-order valence-corrected chi connectivity index (χ1v) is 10.00. The highest BCUT2D eigenvalue weighted by Crippen LogP contribution is 2.33. The first-order valence-electron chi connectivity index (χ1n) is 10.00. The Hall–Kier alpha value is -3.17. The minimum absolute atomic E-state index is 0.000327. The van der Waals surface area contributed by atoms with Crippen LogP contribution in [0.25, 0.3) is 0 Å². The summed E-state index contributed by atoms with van der Waals surface area (Å²) in [5.74, 6) is 0.734. The van der Waals surface area contributed by atoms with Crippen molar-refractivity contribution in [2.75, 3.05) is 24.5 Å². The van der Waals surface area contributed by atoms with Crippen molar-refractivity contribution in [2.24, 2.45) is 0 Å². The average molecular weight is 390 g/mol. The number of nitriles is 1. The molecule has 1 saturated heterocycles. The number of pyridine rings is 1. The van der Waals surface area contributed by atoms with Gasteiger partial charge in [-0.1, -0.05) is 29.8 Å². The third-order valence-corrected chi connectivity index (χ3v) is 5.23. The molecule has 1 amide bonds. The van der Waals surface area contributed by atoms with E-state index in [-0.39, 0.29) is 5.91 Å². The third-order valence-electron chi connectivity index (χ3n) is 5.23. The number of hydrogen-bond donors (Lipinski definition) is 1. The highest BCUT2D eigenvalue weighted by molar-refractivity contribution is 5.77. The number of aryl methyl sites for hydroxylation is 1. The molecule has 1 N–H and O–H groups in total. The molecule has 1 aromatic heterocycles. The largest absolute Gasteiger partial charge is 0.332 e. The van der Waals surface area contributed by atoms with Crippen molar-refractivity contribution in [1.29, 1.82) is 5.26 Å². The number of aromatic nitrogens is 1. The molecular weight excluding hydrogens is 362 g/mol. The van der Waals surface area contributed by atoms with Crippen LogP contribution in [-0.2, 0) is 4.79 Å². The maximum absolute atomic E-state index is 12.2. The first-order chi connectivity index (χ1) is 14.1. The third kappa shape index (κ3) is 5.43. The molecule has 0 saturated carbocycles. The fourth-order valence-corrected chi connectivity index (χ4v) is 3.38. The van der Waals surface area contributed by atoms with E-state index in [4.69, 9.17) is 5.26 Å². The number of rotatable bonds is 8. The minimum Gasteiger partial charge on any atom is -0.332 e. The molecule has 0 aliphatic carbocycles. The van der Waals surface area contributed by atoms with Crippen LogP contribution in [0.4, 0.5) is 5.82 Å². The van der Waals surface area contributed by atoms with Gasteiger partial charge in [-0.15, -0.1) is 0 Å². The fourth-order valence-electron chi connectivity index (χ4n) is 3.38. The van der Waals surface area contributed by atoms with Gasteiger partial charge in [0.05, 0.1) is 5.56 Å². The summed E-state index contributed by atoms with van der Waals surface area (Å²) in [4.78, 5) is 20.7. The van der Waals surface area contributed by atoms with E-state index in [1.54, 1.807) is 30.7 Å². The van der Waals surface area contributed by atoms with Crippen molar-refractivity contribution in [1.82, 2.24) is 15.2 Å². The lowest BCUT2D eigenvalue weighted by atomic mass is 9.94. The van der Waals surface area contributed by atoms with Crippen LogP contribution in [0, 0.1) is 18.3 Å². The number of amides is 1. The number of carbonyl (C=O) groups excluding carboxylic acids is 1. The van der Waals surface area contributed by atoms with Gasteiger partial charge in [0.2, 0.25) is 5.91 Å². The molecule has 3 rings (SSSR count). The predicted molar refractivity (Wildman–Crippen MR) is 114 cm³/mol. The number of nitrogens with one attached hydrogen (secondary N) is 1. The summed E-state index contributed by atoms with van der Waals surface area (Å²) in [6.45, 7) is 6.60. The van der Waals surface area contributed by atoms with Crippen LogP contribution in [-0.4, -0.2) is 35.4 Å². The van der Waals surface area contributed by atoms with Crippen molar-refractivity contribution >= 4 is 11.7 Å². The molecule has 1 atom stereocenters. The van der Waals surface area contributed by atoms with E-state index < -0.39 is 0 Å². The van der Waals surface area contributed by atoms with Gasteiger partial charge in [0.25, 0.3) is 0 Å². The molecule has 1 fully saturated rings. The summed E-state index contributed by atoms with van der Waals surface area (Å²) in [6, 6.07) is 14.7. The Kier molecular flexibility index (Phi) is 6.99. The van der Waals surface area contributed by atoms with Gasteiger partial charge in [-0.05, 0) is 38.0 Å². The summed E-state index contributed by atoms with van der Waals surface area (Å²) in [5.41, 5.74) is 3.12.